The molecule has 0 aliphatic rings. The standard InChI is InChI=1S/C17H14N4O3/c1-23-15-7-10(2-5-14(15)22)16-9-18-17(24-16)20-12-3-4-13-11(6-12)8-19-21-13/h2-9,22H,1H3,(H,18,20)(H,19,21). The highest BCUT2D eigenvalue weighted by molar-refractivity contribution is 5.82. The summed E-state index contributed by atoms with van der Waals surface area (Å²) < 4.78 is 10.8. The molecule has 0 atom stereocenters. The van der Waals surface area contributed by atoms with E-state index in [2.05, 4.69) is 20.5 Å². The first-order valence-electron chi connectivity index (χ1n) is 7.26. The van der Waals surface area contributed by atoms with E-state index >= 15 is 0 Å². The van der Waals surface area contributed by atoms with Gasteiger partial charge in [-0.25, -0.2) is 4.98 Å². The lowest BCUT2D eigenvalue weighted by atomic mass is 10.1. The van der Waals surface area contributed by atoms with Crippen LogP contribution in [0.25, 0.3) is 22.2 Å². The van der Waals surface area contributed by atoms with Crippen molar-refractivity contribution < 1.29 is 14.3 Å². The number of methoxy groups -OCH3 is 1. The fraction of sp³-hybridized carbons (Fsp3) is 0.0588. The summed E-state index contributed by atoms with van der Waals surface area (Å²) in [6, 6.07) is 11.1. The molecule has 4 aromatic rings. The number of nitrogens with zero attached hydrogens (tertiary/aromatic N) is 2. The molecule has 0 spiro atoms. The second kappa shape index (κ2) is 5.62. The third kappa shape index (κ3) is 2.52. The first-order valence-corrected chi connectivity index (χ1v) is 7.26. The van der Waals surface area contributed by atoms with Gasteiger partial charge in [-0.15, -0.1) is 0 Å². The molecule has 0 fully saturated rings. The zero-order chi connectivity index (χ0) is 16.5. The maximum Gasteiger partial charge on any atom is 0.299 e. The highest BCUT2D eigenvalue weighted by atomic mass is 16.5. The fourth-order valence-corrected chi connectivity index (χ4v) is 2.44. The molecule has 0 aliphatic heterocycles. The largest absolute Gasteiger partial charge is 0.504 e. The number of aromatic hydroxyl groups is 1. The van der Waals surface area contributed by atoms with Crippen molar-refractivity contribution in [3.05, 3.63) is 48.8 Å². The molecule has 0 saturated heterocycles. The molecule has 0 amide bonds. The number of hydrogen-bond donors (Lipinski definition) is 3. The summed E-state index contributed by atoms with van der Waals surface area (Å²) in [5.41, 5.74) is 2.57. The first kappa shape index (κ1) is 14.1. The van der Waals surface area contributed by atoms with Gasteiger partial charge in [0.05, 0.1) is 25.0 Å². The average Bonchev–Trinajstić information content (AvgIpc) is 3.24. The average molecular weight is 322 g/mol. The molecule has 2 aromatic carbocycles. The van der Waals surface area contributed by atoms with E-state index in [1.54, 1.807) is 30.6 Å². The number of fused-ring (bicyclic) bond motifs is 1. The van der Waals surface area contributed by atoms with Crippen molar-refractivity contribution in [2.75, 3.05) is 12.4 Å². The third-order valence-electron chi connectivity index (χ3n) is 3.66. The third-order valence-corrected chi connectivity index (χ3v) is 3.66. The molecule has 0 unspecified atom stereocenters. The van der Waals surface area contributed by atoms with Crippen molar-refractivity contribution in [2.24, 2.45) is 0 Å². The minimum Gasteiger partial charge on any atom is -0.504 e. The van der Waals surface area contributed by atoms with Crippen molar-refractivity contribution in [3.8, 4) is 22.8 Å². The van der Waals surface area contributed by atoms with E-state index in [1.165, 1.54) is 7.11 Å². The molecule has 4 rings (SSSR count). The molecule has 24 heavy (non-hydrogen) atoms. The number of benzene rings is 2. The van der Waals surface area contributed by atoms with Gasteiger partial charge in [0, 0.05) is 16.6 Å². The molecule has 7 nitrogen and oxygen atoms in total. The van der Waals surface area contributed by atoms with E-state index in [0.29, 0.717) is 17.5 Å². The molecule has 2 heterocycles. The Kier molecular flexibility index (Phi) is 3.31. The van der Waals surface area contributed by atoms with Gasteiger partial charge in [0.15, 0.2) is 17.3 Å². The van der Waals surface area contributed by atoms with E-state index in [0.717, 1.165) is 22.2 Å². The number of hydrogen-bond acceptors (Lipinski definition) is 6. The summed E-state index contributed by atoms with van der Waals surface area (Å²) in [4.78, 5) is 4.23. The van der Waals surface area contributed by atoms with Crippen molar-refractivity contribution in [3.63, 3.8) is 0 Å². The fourth-order valence-electron chi connectivity index (χ4n) is 2.44. The number of ether oxygens (including phenoxy) is 1. The summed E-state index contributed by atoms with van der Waals surface area (Å²) in [6.07, 6.45) is 3.37. The lowest BCUT2D eigenvalue weighted by molar-refractivity contribution is 0.373. The molecule has 7 heteroatoms. The van der Waals surface area contributed by atoms with Crippen LogP contribution in [-0.2, 0) is 0 Å². The van der Waals surface area contributed by atoms with Crippen LogP contribution >= 0.6 is 0 Å². The highest BCUT2D eigenvalue weighted by Gasteiger charge is 2.10. The van der Waals surface area contributed by atoms with Crippen LogP contribution in [0.15, 0.2) is 53.2 Å². The van der Waals surface area contributed by atoms with Gasteiger partial charge in [0.1, 0.15) is 0 Å². The normalized spacial score (nSPS) is 10.9. The molecular formula is C17H14N4O3. The Hall–Kier alpha value is -3.48. The van der Waals surface area contributed by atoms with Gasteiger partial charge in [0.25, 0.3) is 6.01 Å². The topological polar surface area (TPSA) is 96.2 Å². The smallest absolute Gasteiger partial charge is 0.299 e. The number of nitrogens with one attached hydrogen (secondary N) is 2. The van der Waals surface area contributed by atoms with E-state index in [-0.39, 0.29) is 5.75 Å². The van der Waals surface area contributed by atoms with Gasteiger partial charge in [-0.2, -0.15) is 5.10 Å². The Balaban J connectivity index is 1.60. The highest BCUT2D eigenvalue weighted by Crippen LogP contribution is 2.32. The summed E-state index contributed by atoms with van der Waals surface area (Å²) in [7, 11) is 1.50. The van der Waals surface area contributed by atoms with Gasteiger partial charge in [-0.3, -0.25) is 5.10 Å². The number of oxazole rings is 1. The van der Waals surface area contributed by atoms with Crippen LogP contribution in [0, 0.1) is 0 Å². The minimum absolute atomic E-state index is 0.0764. The van der Waals surface area contributed by atoms with Crippen LogP contribution in [0.3, 0.4) is 0 Å². The zero-order valence-corrected chi connectivity index (χ0v) is 12.8. The molecule has 0 aliphatic carbocycles. The predicted octanol–water partition coefficient (Wildman–Crippen LogP) is 3.68. The van der Waals surface area contributed by atoms with E-state index in [9.17, 15) is 5.11 Å². The van der Waals surface area contributed by atoms with Gasteiger partial charge >= 0.3 is 0 Å². The van der Waals surface area contributed by atoms with E-state index in [4.69, 9.17) is 9.15 Å². The maximum atomic E-state index is 9.66. The number of rotatable bonds is 4. The molecule has 2 aromatic heterocycles. The summed E-state index contributed by atoms with van der Waals surface area (Å²) >= 11 is 0. The number of aromatic nitrogens is 3. The molecular weight excluding hydrogens is 308 g/mol. The Morgan fingerprint density at radius 1 is 1.17 bits per heavy atom. The zero-order valence-electron chi connectivity index (χ0n) is 12.8. The summed E-state index contributed by atoms with van der Waals surface area (Å²) in [6.45, 7) is 0. The van der Waals surface area contributed by atoms with Crippen LogP contribution in [0.2, 0.25) is 0 Å². The molecule has 120 valence electrons. The van der Waals surface area contributed by atoms with E-state index in [1.807, 2.05) is 18.2 Å². The first-order chi connectivity index (χ1) is 11.7. The van der Waals surface area contributed by atoms with Gasteiger partial charge in [0.2, 0.25) is 0 Å². The van der Waals surface area contributed by atoms with Crippen LogP contribution in [0.5, 0.6) is 11.5 Å². The molecule has 0 saturated carbocycles. The predicted molar refractivity (Wildman–Crippen MR) is 89.5 cm³/mol. The number of phenols is 1. The summed E-state index contributed by atoms with van der Waals surface area (Å²) in [5.74, 6) is 1.02. The van der Waals surface area contributed by atoms with Gasteiger partial charge < -0.3 is 19.6 Å². The number of anilines is 2. The lowest BCUT2D eigenvalue weighted by Gasteiger charge is -2.04. The Morgan fingerprint density at radius 2 is 2.08 bits per heavy atom. The van der Waals surface area contributed by atoms with Crippen molar-refractivity contribution in [1.29, 1.82) is 0 Å². The van der Waals surface area contributed by atoms with Crippen molar-refractivity contribution >= 4 is 22.6 Å². The van der Waals surface area contributed by atoms with Crippen LogP contribution < -0.4 is 10.1 Å². The van der Waals surface area contributed by atoms with Gasteiger partial charge in [-0.1, -0.05) is 0 Å². The van der Waals surface area contributed by atoms with Crippen LogP contribution in [0.4, 0.5) is 11.7 Å². The quantitative estimate of drug-likeness (QED) is 0.530. The minimum atomic E-state index is 0.0764. The van der Waals surface area contributed by atoms with Crippen LogP contribution in [-0.4, -0.2) is 27.4 Å². The summed E-state index contributed by atoms with van der Waals surface area (Å²) in [5, 5.41) is 20.7. The number of aromatic amines is 1. The van der Waals surface area contributed by atoms with E-state index < -0.39 is 0 Å². The second-order valence-electron chi connectivity index (χ2n) is 5.21. The van der Waals surface area contributed by atoms with Crippen LogP contribution in [0.1, 0.15) is 0 Å². The maximum absolute atomic E-state index is 9.66. The van der Waals surface area contributed by atoms with Gasteiger partial charge in [-0.05, 0) is 36.4 Å². The Bertz CT molecular complexity index is 1010. The molecule has 0 radical (unpaired) electrons. The second-order valence-corrected chi connectivity index (χ2v) is 5.21. The monoisotopic (exact) mass is 322 g/mol. The lowest BCUT2D eigenvalue weighted by Crippen LogP contribution is -1.89. The molecule has 0 bridgehead atoms. The number of phenolic OH excluding ortho intramolecular Hbond substituents is 1. The molecule has 3 N–H and O–H groups in total. The number of H-pyrrole nitrogens is 1. The Labute approximate surface area is 136 Å². The van der Waals surface area contributed by atoms with Crippen molar-refractivity contribution in [1.82, 2.24) is 15.2 Å². The Morgan fingerprint density at radius 3 is 2.96 bits per heavy atom. The SMILES string of the molecule is COc1cc(-c2cnc(Nc3ccc4[nH]ncc4c3)o2)ccc1O. The van der Waals surface area contributed by atoms with Crippen molar-refractivity contribution in [2.45, 2.75) is 0 Å².